The van der Waals surface area contributed by atoms with Crippen molar-refractivity contribution in [2.45, 2.75) is 39.0 Å². The summed E-state index contributed by atoms with van der Waals surface area (Å²) in [5.41, 5.74) is 5.21. The second-order valence-electron chi connectivity index (χ2n) is 4.75. The predicted molar refractivity (Wildman–Crippen MR) is 65.5 cm³/mol. The van der Waals surface area contributed by atoms with Crippen molar-refractivity contribution in [3.05, 3.63) is 41.1 Å². The number of rotatable bonds is 0. The van der Waals surface area contributed by atoms with E-state index in [1.165, 1.54) is 29.7 Å². The first-order valence-electron chi connectivity index (χ1n) is 5.99. The zero-order valence-corrected chi connectivity index (χ0v) is 9.80. The topological polar surface area (TPSA) is 12.9 Å². The minimum absolute atomic E-state index is 0.647. The maximum Gasteiger partial charge on any atom is 0.0798 e. The van der Waals surface area contributed by atoms with Crippen molar-refractivity contribution in [1.29, 1.82) is 0 Å². The zero-order chi connectivity index (χ0) is 11.1. The molecule has 1 unspecified atom stereocenters. The summed E-state index contributed by atoms with van der Waals surface area (Å²) in [7, 11) is 0. The van der Waals surface area contributed by atoms with Crippen molar-refractivity contribution >= 4 is 10.9 Å². The van der Waals surface area contributed by atoms with E-state index in [0.29, 0.717) is 5.92 Å². The van der Waals surface area contributed by atoms with Crippen LogP contribution in [0.3, 0.4) is 0 Å². The second-order valence-corrected chi connectivity index (χ2v) is 4.75. The van der Waals surface area contributed by atoms with Crippen LogP contribution >= 0.6 is 0 Å². The number of aryl methyl sites for hydroxylation is 2. The van der Waals surface area contributed by atoms with Gasteiger partial charge in [-0.05, 0) is 55.4 Å². The van der Waals surface area contributed by atoms with Gasteiger partial charge >= 0.3 is 0 Å². The molecule has 0 fully saturated rings. The van der Waals surface area contributed by atoms with Gasteiger partial charge in [-0.2, -0.15) is 0 Å². The Labute approximate surface area is 96.5 Å². The standard InChI is InChI=1S/C15H15N/c1-10-6-5-9-14-15(10)11(2)12-7-3-4-8-13(12)16-14/h4,8,10H,5-6,9H2,1-2H3. The SMILES string of the molecule is Cc1c2c(nc3ccc#cc13)CCCC2C. The van der Waals surface area contributed by atoms with E-state index in [9.17, 15) is 0 Å². The van der Waals surface area contributed by atoms with Gasteiger partial charge in [0.05, 0.1) is 10.9 Å². The molecule has 1 heterocycles. The quantitative estimate of drug-likeness (QED) is 0.646. The Morgan fingerprint density at radius 2 is 2.31 bits per heavy atom. The van der Waals surface area contributed by atoms with Crippen LogP contribution in [0.2, 0.25) is 0 Å². The largest absolute Gasteiger partial charge is 0.252 e. The molecule has 1 atom stereocenters. The Kier molecular flexibility index (Phi) is 2.11. The molecule has 1 nitrogen and oxygen atoms in total. The summed E-state index contributed by atoms with van der Waals surface area (Å²) in [4.78, 5) is 4.78. The van der Waals surface area contributed by atoms with Crippen molar-refractivity contribution in [3.63, 3.8) is 0 Å². The van der Waals surface area contributed by atoms with Gasteiger partial charge in [0.2, 0.25) is 0 Å². The first-order valence-corrected chi connectivity index (χ1v) is 5.99. The van der Waals surface area contributed by atoms with Crippen LogP contribution in [-0.2, 0) is 6.42 Å². The highest BCUT2D eigenvalue weighted by Crippen LogP contribution is 2.34. The van der Waals surface area contributed by atoms with Crippen molar-refractivity contribution < 1.29 is 0 Å². The molecule has 1 aromatic heterocycles. The Balaban J connectivity index is 2.36. The number of fused-ring (bicyclic) bond motifs is 2. The first kappa shape index (κ1) is 9.66. The van der Waals surface area contributed by atoms with Crippen LogP contribution in [0.5, 0.6) is 0 Å². The smallest absolute Gasteiger partial charge is 0.0798 e. The molecule has 3 rings (SSSR count). The summed E-state index contributed by atoms with van der Waals surface area (Å²) < 4.78 is 0. The fourth-order valence-corrected chi connectivity index (χ4v) is 2.88. The van der Waals surface area contributed by atoms with Crippen LogP contribution in [0.4, 0.5) is 0 Å². The lowest BCUT2D eigenvalue weighted by Gasteiger charge is -2.24. The summed E-state index contributed by atoms with van der Waals surface area (Å²) in [5.74, 6) is 0.647. The summed E-state index contributed by atoms with van der Waals surface area (Å²) in [6.07, 6.45) is 3.70. The lowest BCUT2D eigenvalue weighted by Crippen LogP contribution is -2.11. The van der Waals surface area contributed by atoms with E-state index in [1.54, 1.807) is 0 Å². The molecular weight excluding hydrogens is 194 g/mol. The summed E-state index contributed by atoms with van der Waals surface area (Å²) in [5, 5.41) is 1.15. The average Bonchev–Trinajstić information content (AvgIpc) is 2.29. The molecule has 2 aromatic rings. The molecule has 0 amide bonds. The maximum absolute atomic E-state index is 4.78. The van der Waals surface area contributed by atoms with E-state index in [1.807, 2.05) is 12.1 Å². The molecule has 0 N–H and O–H groups in total. The Morgan fingerprint density at radius 3 is 3.19 bits per heavy atom. The second kappa shape index (κ2) is 3.49. The highest BCUT2D eigenvalue weighted by molar-refractivity contribution is 5.82. The molecule has 0 saturated carbocycles. The lowest BCUT2D eigenvalue weighted by molar-refractivity contribution is 0.578. The normalized spacial score (nSPS) is 19.2. The molecule has 0 saturated heterocycles. The molecule has 0 spiro atoms. The third-order valence-electron chi connectivity index (χ3n) is 3.67. The minimum Gasteiger partial charge on any atom is -0.252 e. The average molecular weight is 209 g/mol. The Bertz CT molecular complexity index is 542. The van der Waals surface area contributed by atoms with Crippen molar-refractivity contribution in [1.82, 2.24) is 4.98 Å². The molecule has 16 heavy (non-hydrogen) atoms. The zero-order valence-electron chi connectivity index (χ0n) is 9.80. The predicted octanol–water partition coefficient (Wildman–Crippen LogP) is 3.58. The highest BCUT2D eigenvalue weighted by Gasteiger charge is 2.21. The van der Waals surface area contributed by atoms with Gasteiger partial charge in [-0.3, -0.25) is 4.98 Å². The summed E-state index contributed by atoms with van der Waals surface area (Å²) in [6, 6.07) is 10.2. The van der Waals surface area contributed by atoms with Gasteiger partial charge in [-0.15, -0.1) is 0 Å². The van der Waals surface area contributed by atoms with Crippen LogP contribution in [0.15, 0.2) is 12.1 Å². The fraction of sp³-hybridized carbons (Fsp3) is 0.400. The van der Waals surface area contributed by atoms with E-state index in [-0.39, 0.29) is 0 Å². The van der Waals surface area contributed by atoms with Gasteiger partial charge in [0.15, 0.2) is 0 Å². The molecule has 1 aromatic carbocycles. The number of nitrogens with zero attached hydrogens (tertiary/aromatic N) is 1. The third-order valence-corrected chi connectivity index (χ3v) is 3.67. The van der Waals surface area contributed by atoms with Crippen LogP contribution in [0, 0.1) is 19.1 Å². The minimum atomic E-state index is 0.647. The van der Waals surface area contributed by atoms with Gasteiger partial charge < -0.3 is 0 Å². The van der Waals surface area contributed by atoms with Crippen LogP contribution in [0.25, 0.3) is 10.9 Å². The lowest BCUT2D eigenvalue weighted by atomic mass is 9.83. The highest BCUT2D eigenvalue weighted by atomic mass is 14.7. The van der Waals surface area contributed by atoms with E-state index in [4.69, 9.17) is 4.98 Å². The van der Waals surface area contributed by atoms with E-state index in [2.05, 4.69) is 26.0 Å². The molecule has 0 bridgehead atoms. The molecule has 1 aliphatic rings. The maximum atomic E-state index is 4.78. The molecule has 1 heteroatoms. The number of hydrogen-bond acceptors (Lipinski definition) is 1. The fourth-order valence-electron chi connectivity index (χ4n) is 2.88. The molecule has 1 aliphatic carbocycles. The Hall–Kier alpha value is -1.55. The third kappa shape index (κ3) is 1.30. The first-order chi connectivity index (χ1) is 7.77. The van der Waals surface area contributed by atoms with Crippen molar-refractivity contribution in [2.24, 2.45) is 0 Å². The van der Waals surface area contributed by atoms with Gasteiger partial charge in [0.25, 0.3) is 0 Å². The molecule has 0 radical (unpaired) electrons. The molecule has 80 valence electrons. The molecule has 0 aliphatic heterocycles. The number of pyridine rings is 1. The number of hydrogen-bond donors (Lipinski definition) is 0. The summed E-state index contributed by atoms with van der Waals surface area (Å²) >= 11 is 0. The van der Waals surface area contributed by atoms with Crippen LogP contribution in [0.1, 0.15) is 42.5 Å². The van der Waals surface area contributed by atoms with Gasteiger partial charge in [-0.25, -0.2) is 0 Å². The van der Waals surface area contributed by atoms with Gasteiger partial charge in [0.1, 0.15) is 0 Å². The van der Waals surface area contributed by atoms with Crippen molar-refractivity contribution in [3.8, 4) is 0 Å². The monoisotopic (exact) mass is 209 g/mol. The van der Waals surface area contributed by atoms with Crippen LogP contribution < -0.4 is 0 Å². The summed E-state index contributed by atoms with van der Waals surface area (Å²) in [6.45, 7) is 4.51. The molecular formula is C15H15N. The van der Waals surface area contributed by atoms with Crippen LogP contribution in [-0.4, -0.2) is 4.98 Å². The van der Waals surface area contributed by atoms with Gasteiger partial charge in [0, 0.05) is 5.69 Å². The van der Waals surface area contributed by atoms with E-state index in [0.717, 1.165) is 17.3 Å². The van der Waals surface area contributed by atoms with E-state index >= 15 is 0 Å². The van der Waals surface area contributed by atoms with Gasteiger partial charge in [-0.1, -0.05) is 19.1 Å². The Morgan fingerprint density at radius 1 is 1.44 bits per heavy atom. The number of aromatic nitrogens is 1. The van der Waals surface area contributed by atoms with E-state index < -0.39 is 0 Å². The van der Waals surface area contributed by atoms with Crippen molar-refractivity contribution in [2.75, 3.05) is 0 Å².